The predicted octanol–water partition coefficient (Wildman–Crippen LogP) is 1.33. The molecule has 2 aromatic rings. The van der Waals surface area contributed by atoms with Crippen molar-refractivity contribution < 1.29 is 22.5 Å². The molecule has 0 aliphatic heterocycles. The number of hydrogen-bond donors (Lipinski definition) is 2. The van der Waals surface area contributed by atoms with E-state index in [4.69, 9.17) is 4.55 Å². The van der Waals surface area contributed by atoms with Crippen molar-refractivity contribution in [1.29, 1.82) is 0 Å². The van der Waals surface area contributed by atoms with Crippen molar-refractivity contribution in [2.24, 2.45) is 0 Å². The zero-order valence-corrected chi connectivity index (χ0v) is 8.57. The zero-order valence-electron chi connectivity index (χ0n) is 7.75. The number of aromatic nitrogens is 1. The van der Waals surface area contributed by atoms with Crippen molar-refractivity contribution in [2.45, 2.75) is 4.90 Å². The fourth-order valence-corrected chi connectivity index (χ4v) is 2.08. The number of nitrogens with zero attached hydrogens (tertiary/aromatic N) is 1. The topological polar surface area (TPSA) is 87.5 Å². The summed E-state index contributed by atoms with van der Waals surface area (Å²) in [5, 5.41) is 9.30. The number of hydrogen-bond acceptors (Lipinski definition) is 4. The molecule has 0 saturated carbocycles. The lowest BCUT2D eigenvalue weighted by molar-refractivity contribution is 0.435. The Morgan fingerprint density at radius 2 is 2.06 bits per heavy atom. The smallest absolute Gasteiger partial charge is 0.295 e. The van der Waals surface area contributed by atoms with Gasteiger partial charge in [0.05, 0.1) is 0 Å². The molecule has 1 heterocycles. The van der Waals surface area contributed by atoms with Gasteiger partial charge in [-0.1, -0.05) is 0 Å². The number of fused-ring (bicyclic) bond motifs is 1. The molecule has 0 fully saturated rings. The van der Waals surface area contributed by atoms with Gasteiger partial charge in [0, 0.05) is 11.6 Å². The molecule has 0 aliphatic rings. The summed E-state index contributed by atoms with van der Waals surface area (Å²) in [5.74, 6) is -1.90. The molecule has 2 rings (SSSR count). The van der Waals surface area contributed by atoms with Crippen LogP contribution in [-0.4, -0.2) is 23.1 Å². The second kappa shape index (κ2) is 3.39. The predicted molar refractivity (Wildman–Crippen MR) is 53.2 cm³/mol. The monoisotopic (exact) mass is 243 g/mol. The van der Waals surface area contributed by atoms with E-state index in [1.54, 1.807) is 0 Å². The standard InChI is InChI=1S/C9H6FNO4S/c10-6-4-7(16(13,14)15)5-2-1-3-11-8(5)9(6)12/h1-4,12H,(H,13,14,15). The van der Waals surface area contributed by atoms with Crippen molar-refractivity contribution in [3.8, 4) is 5.75 Å². The number of halogens is 1. The molecule has 0 unspecified atom stereocenters. The molecule has 1 aromatic carbocycles. The Labute approximate surface area is 89.9 Å². The van der Waals surface area contributed by atoms with Gasteiger partial charge in [-0.3, -0.25) is 9.54 Å². The Morgan fingerprint density at radius 1 is 1.38 bits per heavy atom. The highest BCUT2D eigenvalue weighted by atomic mass is 32.2. The van der Waals surface area contributed by atoms with E-state index in [2.05, 4.69) is 4.98 Å². The van der Waals surface area contributed by atoms with Gasteiger partial charge in [-0.25, -0.2) is 4.39 Å². The lowest BCUT2D eigenvalue weighted by Crippen LogP contribution is -2.01. The molecule has 0 atom stereocenters. The number of rotatable bonds is 1. The Morgan fingerprint density at radius 3 is 2.69 bits per heavy atom. The van der Waals surface area contributed by atoms with E-state index in [1.165, 1.54) is 18.3 Å². The van der Waals surface area contributed by atoms with Crippen LogP contribution < -0.4 is 0 Å². The molecule has 7 heteroatoms. The van der Waals surface area contributed by atoms with Crippen molar-refractivity contribution in [3.63, 3.8) is 0 Å². The summed E-state index contributed by atoms with van der Waals surface area (Å²) in [6.07, 6.45) is 1.27. The zero-order chi connectivity index (χ0) is 11.9. The summed E-state index contributed by atoms with van der Waals surface area (Å²) in [6.45, 7) is 0. The average molecular weight is 243 g/mol. The second-order valence-corrected chi connectivity index (χ2v) is 4.47. The minimum Gasteiger partial charge on any atom is -0.503 e. The van der Waals surface area contributed by atoms with E-state index in [1.807, 2.05) is 0 Å². The first kappa shape index (κ1) is 10.8. The van der Waals surface area contributed by atoms with Crippen LogP contribution in [0.1, 0.15) is 0 Å². The van der Waals surface area contributed by atoms with Gasteiger partial charge < -0.3 is 5.11 Å². The van der Waals surface area contributed by atoms with E-state index in [0.717, 1.165) is 0 Å². The van der Waals surface area contributed by atoms with Crippen LogP contribution >= 0.6 is 0 Å². The van der Waals surface area contributed by atoms with Crippen LogP contribution in [0.25, 0.3) is 10.9 Å². The molecule has 0 bridgehead atoms. The lowest BCUT2D eigenvalue weighted by atomic mass is 10.2. The molecule has 0 amide bonds. The number of pyridine rings is 1. The third-order valence-corrected chi connectivity index (χ3v) is 2.95. The van der Waals surface area contributed by atoms with Crippen LogP contribution in [-0.2, 0) is 10.1 Å². The van der Waals surface area contributed by atoms with Crippen LogP contribution in [0.5, 0.6) is 5.75 Å². The molecule has 0 spiro atoms. The summed E-state index contributed by atoms with van der Waals surface area (Å²) in [7, 11) is -4.56. The normalized spacial score (nSPS) is 11.9. The molecular formula is C9H6FNO4S. The Balaban J connectivity index is 3.02. The maximum atomic E-state index is 13.2. The van der Waals surface area contributed by atoms with Crippen LogP contribution in [0.4, 0.5) is 4.39 Å². The minimum absolute atomic E-state index is 0.0381. The van der Waals surface area contributed by atoms with Crippen LogP contribution in [0.3, 0.4) is 0 Å². The van der Waals surface area contributed by atoms with Crippen molar-refractivity contribution >= 4 is 21.0 Å². The maximum absolute atomic E-state index is 13.2. The molecule has 0 radical (unpaired) electrons. The van der Waals surface area contributed by atoms with Gasteiger partial charge in [0.1, 0.15) is 10.4 Å². The summed E-state index contributed by atoms with van der Waals surface area (Å²) in [5.41, 5.74) is -0.213. The first-order valence-electron chi connectivity index (χ1n) is 4.15. The quantitative estimate of drug-likeness (QED) is 0.737. The van der Waals surface area contributed by atoms with Crippen LogP contribution in [0.2, 0.25) is 0 Å². The van der Waals surface area contributed by atoms with Crippen molar-refractivity contribution in [1.82, 2.24) is 4.98 Å². The van der Waals surface area contributed by atoms with E-state index < -0.39 is 26.6 Å². The summed E-state index contributed by atoms with van der Waals surface area (Å²) in [4.78, 5) is 3.03. The highest BCUT2D eigenvalue weighted by molar-refractivity contribution is 7.86. The Kier molecular flexibility index (Phi) is 2.28. The van der Waals surface area contributed by atoms with E-state index in [9.17, 15) is 17.9 Å². The van der Waals surface area contributed by atoms with Gasteiger partial charge in [-0.05, 0) is 18.2 Å². The summed E-state index contributed by atoms with van der Waals surface area (Å²) >= 11 is 0. The molecule has 16 heavy (non-hydrogen) atoms. The molecule has 5 nitrogen and oxygen atoms in total. The van der Waals surface area contributed by atoms with Gasteiger partial charge in [0.15, 0.2) is 11.6 Å². The van der Waals surface area contributed by atoms with Gasteiger partial charge >= 0.3 is 0 Å². The summed E-state index contributed by atoms with van der Waals surface area (Å²) < 4.78 is 44.1. The molecule has 2 N–H and O–H groups in total. The van der Waals surface area contributed by atoms with E-state index in [0.29, 0.717) is 6.07 Å². The molecule has 0 aliphatic carbocycles. The number of phenols is 1. The van der Waals surface area contributed by atoms with Gasteiger partial charge in [-0.2, -0.15) is 8.42 Å². The highest BCUT2D eigenvalue weighted by Crippen LogP contribution is 2.31. The second-order valence-electron chi connectivity index (χ2n) is 3.08. The van der Waals surface area contributed by atoms with Crippen LogP contribution in [0.15, 0.2) is 29.3 Å². The first-order valence-corrected chi connectivity index (χ1v) is 5.59. The minimum atomic E-state index is -4.56. The molecule has 0 saturated heterocycles. The van der Waals surface area contributed by atoms with Gasteiger partial charge in [0.2, 0.25) is 0 Å². The molecule has 1 aromatic heterocycles. The largest absolute Gasteiger partial charge is 0.503 e. The third kappa shape index (κ3) is 1.59. The van der Waals surface area contributed by atoms with E-state index >= 15 is 0 Å². The maximum Gasteiger partial charge on any atom is 0.295 e. The van der Waals surface area contributed by atoms with Gasteiger partial charge in [0.25, 0.3) is 10.1 Å². The lowest BCUT2D eigenvalue weighted by Gasteiger charge is -2.05. The van der Waals surface area contributed by atoms with Crippen molar-refractivity contribution in [2.75, 3.05) is 0 Å². The average Bonchev–Trinajstić information content (AvgIpc) is 2.22. The SMILES string of the molecule is O=S(=O)(O)c1cc(F)c(O)c2ncccc12. The van der Waals surface area contributed by atoms with Crippen LogP contribution in [0, 0.1) is 5.82 Å². The Bertz CT molecular complexity index is 669. The van der Waals surface area contributed by atoms with E-state index in [-0.39, 0.29) is 10.9 Å². The highest BCUT2D eigenvalue weighted by Gasteiger charge is 2.19. The van der Waals surface area contributed by atoms with Gasteiger partial charge in [-0.15, -0.1) is 0 Å². The first-order chi connectivity index (χ1) is 7.41. The number of benzene rings is 1. The number of aromatic hydroxyl groups is 1. The van der Waals surface area contributed by atoms with Crippen molar-refractivity contribution in [3.05, 3.63) is 30.2 Å². The Hall–Kier alpha value is -1.73. The number of phenolic OH excluding ortho intramolecular Hbond substituents is 1. The fraction of sp³-hybridized carbons (Fsp3) is 0. The molecular weight excluding hydrogens is 237 g/mol. The summed E-state index contributed by atoms with van der Waals surface area (Å²) in [6, 6.07) is 3.27. The molecule has 84 valence electrons. The fourth-order valence-electron chi connectivity index (χ4n) is 1.38. The third-order valence-electron chi connectivity index (χ3n) is 2.06.